The molecule has 0 aliphatic carbocycles. The molecule has 0 bridgehead atoms. The number of hydrogen-bond donors (Lipinski definition) is 1. The Hall–Kier alpha value is -1.42. The standard InChI is InChI=1S/C7H4Cl2N4O/c8-4-1-2-5(6(9)3-4)7(12-14)11-13-10/h1-3,14H. The van der Waals surface area contributed by atoms with E-state index in [0.717, 1.165) is 0 Å². The van der Waals surface area contributed by atoms with Crippen molar-refractivity contribution in [1.29, 1.82) is 0 Å². The maximum Gasteiger partial charge on any atom is 0.174 e. The minimum Gasteiger partial charge on any atom is -0.410 e. The average molecular weight is 231 g/mol. The lowest BCUT2D eigenvalue weighted by Crippen LogP contribution is -1.96. The Morgan fingerprint density at radius 2 is 2.14 bits per heavy atom. The van der Waals surface area contributed by atoms with Gasteiger partial charge in [0, 0.05) is 15.5 Å². The van der Waals surface area contributed by atoms with E-state index in [1.807, 2.05) is 0 Å². The molecule has 1 aromatic carbocycles. The second-order valence-electron chi connectivity index (χ2n) is 2.24. The molecule has 1 aromatic rings. The molecule has 0 aliphatic rings. The van der Waals surface area contributed by atoms with Crippen LogP contribution >= 0.6 is 23.2 Å². The Bertz CT molecular complexity index is 426. The second-order valence-corrected chi connectivity index (χ2v) is 3.08. The second kappa shape index (κ2) is 4.72. The largest absolute Gasteiger partial charge is 0.410 e. The zero-order valence-corrected chi connectivity index (χ0v) is 8.24. The van der Waals surface area contributed by atoms with Crippen molar-refractivity contribution in [3.05, 3.63) is 44.3 Å². The van der Waals surface area contributed by atoms with Gasteiger partial charge >= 0.3 is 0 Å². The monoisotopic (exact) mass is 230 g/mol. The van der Waals surface area contributed by atoms with Crippen molar-refractivity contribution < 1.29 is 5.21 Å². The van der Waals surface area contributed by atoms with Gasteiger partial charge in [0.05, 0.1) is 5.02 Å². The molecular weight excluding hydrogens is 227 g/mol. The van der Waals surface area contributed by atoms with Gasteiger partial charge < -0.3 is 5.21 Å². The number of hydrogen-bond acceptors (Lipinski definition) is 2. The predicted molar refractivity (Wildman–Crippen MR) is 53.9 cm³/mol. The number of halogens is 2. The maximum absolute atomic E-state index is 8.54. The van der Waals surface area contributed by atoms with E-state index < -0.39 is 0 Å². The van der Waals surface area contributed by atoms with Crippen LogP contribution in [-0.2, 0) is 0 Å². The van der Waals surface area contributed by atoms with Gasteiger partial charge in [0.1, 0.15) is 0 Å². The van der Waals surface area contributed by atoms with Crippen LogP contribution < -0.4 is 0 Å². The van der Waals surface area contributed by atoms with Crippen LogP contribution in [-0.4, -0.2) is 11.0 Å². The summed E-state index contributed by atoms with van der Waals surface area (Å²) in [6, 6.07) is 4.49. The fourth-order valence-electron chi connectivity index (χ4n) is 0.841. The average Bonchev–Trinajstić information content (AvgIpc) is 2.15. The van der Waals surface area contributed by atoms with Crippen LogP contribution in [0.2, 0.25) is 10.0 Å². The summed E-state index contributed by atoms with van der Waals surface area (Å²) in [5.41, 5.74) is 8.49. The normalized spacial score (nSPS) is 10.9. The highest BCUT2D eigenvalue weighted by molar-refractivity contribution is 6.37. The van der Waals surface area contributed by atoms with Gasteiger partial charge in [0.2, 0.25) is 0 Å². The summed E-state index contributed by atoms with van der Waals surface area (Å²) in [6.45, 7) is 0. The molecule has 0 aromatic heterocycles. The first kappa shape index (κ1) is 10.7. The molecule has 0 amide bonds. The van der Waals surface area contributed by atoms with Crippen LogP contribution in [0.15, 0.2) is 28.5 Å². The van der Waals surface area contributed by atoms with E-state index in [4.69, 9.17) is 33.9 Å². The molecule has 5 nitrogen and oxygen atoms in total. The molecular formula is C7H4Cl2N4O. The molecule has 0 atom stereocenters. The van der Waals surface area contributed by atoms with Crippen LogP contribution in [0.3, 0.4) is 0 Å². The SMILES string of the molecule is [N-]=[N+]=NC(=NO)c1ccc(Cl)cc1Cl. The first-order valence-corrected chi connectivity index (χ1v) is 4.17. The molecule has 1 N–H and O–H groups in total. The molecule has 0 saturated heterocycles. The van der Waals surface area contributed by atoms with Crippen LogP contribution in [0.4, 0.5) is 0 Å². The minimum absolute atomic E-state index is 0.200. The summed E-state index contributed by atoms with van der Waals surface area (Å²) < 4.78 is 0. The van der Waals surface area contributed by atoms with Crippen molar-refractivity contribution in [3.8, 4) is 0 Å². The highest BCUT2D eigenvalue weighted by Crippen LogP contribution is 2.21. The van der Waals surface area contributed by atoms with Crippen molar-refractivity contribution in [2.75, 3.05) is 0 Å². The molecule has 14 heavy (non-hydrogen) atoms. The van der Waals surface area contributed by atoms with Crippen molar-refractivity contribution in [2.24, 2.45) is 10.3 Å². The van der Waals surface area contributed by atoms with Crippen molar-refractivity contribution in [3.63, 3.8) is 0 Å². The number of azide groups is 1. The van der Waals surface area contributed by atoms with Crippen LogP contribution in [0.25, 0.3) is 10.4 Å². The molecule has 0 fully saturated rings. The van der Waals surface area contributed by atoms with E-state index in [2.05, 4.69) is 15.2 Å². The van der Waals surface area contributed by atoms with Gasteiger partial charge in [-0.2, -0.15) is 0 Å². The van der Waals surface area contributed by atoms with E-state index in [0.29, 0.717) is 10.6 Å². The zero-order valence-electron chi connectivity index (χ0n) is 6.72. The molecule has 0 aliphatic heterocycles. The topological polar surface area (TPSA) is 81.4 Å². The first-order chi connectivity index (χ1) is 6.69. The third-order valence-electron chi connectivity index (χ3n) is 1.41. The predicted octanol–water partition coefficient (Wildman–Crippen LogP) is 3.44. The van der Waals surface area contributed by atoms with Crippen LogP contribution in [0, 0.1) is 0 Å². The molecule has 0 spiro atoms. The summed E-state index contributed by atoms with van der Waals surface area (Å²) >= 11 is 11.4. The van der Waals surface area contributed by atoms with Gasteiger partial charge in [-0.3, -0.25) is 0 Å². The smallest absolute Gasteiger partial charge is 0.174 e. The lowest BCUT2D eigenvalue weighted by molar-refractivity contribution is 0.318. The lowest BCUT2D eigenvalue weighted by Gasteiger charge is -2.01. The third-order valence-corrected chi connectivity index (χ3v) is 1.95. The number of oxime groups is 1. The number of rotatable bonds is 1. The van der Waals surface area contributed by atoms with Gasteiger partial charge in [-0.15, -0.1) is 0 Å². The third kappa shape index (κ3) is 2.29. The Labute approximate surface area is 89.2 Å². The van der Waals surface area contributed by atoms with Gasteiger partial charge in [-0.25, -0.2) is 0 Å². The Morgan fingerprint density at radius 1 is 1.43 bits per heavy atom. The van der Waals surface area contributed by atoms with Crippen molar-refractivity contribution in [1.82, 2.24) is 0 Å². The van der Waals surface area contributed by atoms with E-state index in [1.54, 1.807) is 6.07 Å². The van der Waals surface area contributed by atoms with Crippen LogP contribution in [0.1, 0.15) is 5.56 Å². The number of nitrogens with zero attached hydrogens (tertiary/aromatic N) is 4. The molecule has 0 radical (unpaired) electrons. The van der Waals surface area contributed by atoms with Crippen LogP contribution in [0.5, 0.6) is 0 Å². The Balaban J connectivity index is 3.25. The summed E-state index contributed by atoms with van der Waals surface area (Å²) in [6.07, 6.45) is 0. The van der Waals surface area contributed by atoms with E-state index in [9.17, 15) is 0 Å². The van der Waals surface area contributed by atoms with Gasteiger partial charge in [-0.1, -0.05) is 28.4 Å². The Kier molecular flexibility index (Phi) is 3.59. The number of benzene rings is 1. The fourth-order valence-corrected chi connectivity index (χ4v) is 1.33. The summed E-state index contributed by atoms with van der Waals surface area (Å²) in [7, 11) is 0. The lowest BCUT2D eigenvalue weighted by atomic mass is 10.2. The highest BCUT2D eigenvalue weighted by atomic mass is 35.5. The minimum atomic E-state index is -0.200. The molecule has 0 unspecified atom stereocenters. The van der Waals surface area contributed by atoms with E-state index in [-0.39, 0.29) is 10.9 Å². The Morgan fingerprint density at radius 3 is 2.64 bits per heavy atom. The van der Waals surface area contributed by atoms with Gasteiger partial charge in [-0.05, 0) is 28.8 Å². The van der Waals surface area contributed by atoms with Crippen molar-refractivity contribution in [2.45, 2.75) is 0 Å². The van der Waals surface area contributed by atoms with E-state index in [1.165, 1.54) is 12.1 Å². The molecule has 72 valence electrons. The zero-order chi connectivity index (χ0) is 10.6. The molecule has 7 heteroatoms. The maximum atomic E-state index is 8.54. The summed E-state index contributed by atoms with van der Waals surface area (Å²) in [4.78, 5) is 2.49. The van der Waals surface area contributed by atoms with Gasteiger partial charge in [0.15, 0.2) is 5.84 Å². The number of amidine groups is 1. The molecule has 1 rings (SSSR count). The van der Waals surface area contributed by atoms with Gasteiger partial charge in [0.25, 0.3) is 0 Å². The fraction of sp³-hybridized carbons (Fsp3) is 0. The quantitative estimate of drug-likeness (QED) is 0.150. The van der Waals surface area contributed by atoms with Crippen molar-refractivity contribution >= 4 is 29.0 Å². The first-order valence-electron chi connectivity index (χ1n) is 3.41. The van der Waals surface area contributed by atoms with E-state index >= 15 is 0 Å². The summed E-state index contributed by atoms with van der Waals surface area (Å²) in [5.74, 6) is -0.200. The highest BCUT2D eigenvalue weighted by Gasteiger charge is 2.07. The molecule has 0 heterocycles. The summed E-state index contributed by atoms with van der Waals surface area (Å²) in [5, 5.41) is 15.2. The molecule has 0 saturated carbocycles.